The second-order valence-corrected chi connectivity index (χ2v) is 6.79. The second kappa shape index (κ2) is 5.25. The molecule has 2 aliphatic heterocycles. The van der Waals surface area contributed by atoms with E-state index in [1.165, 1.54) is 39.0 Å². The number of nitrogens with one attached hydrogen (secondary N) is 1. The lowest BCUT2D eigenvalue weighted by Gasteiger charge is -2.45. The molecule has 0 bridgehead atoms. The molecule has 3 nitrogen and oxygen atoms in total. The van der Waals surface area contributed by atoms with Gasteiger partial charge in [-0.2, -0.15) is 0 Å². The molecule has 0 amide bonds. The third-order valence-electron chi connectivity index (χ3n) is 4.43. The van der Waals surface area contributed by atoms with Gasteiger partial charge in [-0.3, -0.25) is 4.90 Å². The van der Waals surface area contributed by atoms with E-state index in [4.69, 9.17) is 0 Å². The molecule has 0 aliphatic carbocycles. The van der Waals surface area contributed by atoms with Crippen LogP contribution < -0.4 is 5.32 Å². The Labute approximate surface area is 107 Å². The summed E-state index contributed by atoms with van der Waals surface area (Å²) in [5, 5.41) is 3.63. The number of hydrogen-bond donors (Lipinski definition) is 1. The fourth-order valence-electron chi connectivity index (χ4n) is 3.09. The molecule has 100 valence electrons. The van der Waals surface area contributed by atoms with Crippen LogP contribution in [0.15, 0.2) is 0 Å². The summed E-state index contributed by atoms with van der Waals surface area (Å²) in [6, 6.07) is 0.697. The summed E-state index contributed by atoms with van der Waals surface area (Å²) in [6.07, 6.45) is 2.77. The Morgan fingerprint density at radius 3 is 2.53 bits per heavy atom. The summed E-state index contributed by atoms with van der Waals surface area (Å²) >= 11 is 0. The van der Waals surface area contributed by atoms with Gasteiger partial charge >= 0.3 is 0 Å². The number of rotatable bonds is 2. The first-order valence-electron chi connectivity index (χ1n) is 7.14. The molecule has 1 N–H and O–H groups in total. The number of nitrogens with zero attached hydrogens (tertiary/aromatic N) is 2. The topological polar surface area (TPSA) is 18.5 Å². The first kappa shape index (κ1) is 13.3. The Bertz CT molecular complexity index is 244. The average Bonchev–Trinajstić information content (AvgIpc) is 2.26. The normalized spacial score (nSPS) is 32.8. The number of hydrogen-bond acceptors (Lipinski definition) is 3. The summed E-state index contributed by atoms with van der Waals surface area (Å²) in [7, 11) is 2.24. The van der Waals surface area contributed by atoms with Crippen molar-refractivity contribution in [1.82, 2.24) is 15.1 Å². The summed E-state index contributed by atoms with van der Waals surface area (Å²) in [6.45, 7) is 13.2. The Morgan fingerprint density at radius 2 is 1.88 bits per heavy atom. The van der Waals surface area contributed by atoms with Crippen molar-refractivity contribution in [2.75, 3.05) is 39.8 Å². The van der Waals surface area contributed by atoms with E-state index < -0.39 is 0 Å². The molecule has 0 spiro atoms. The van der Waals surface area contributed by atoms with Crippen molar-refractivity contribution in [1.29, 1.82) is 0 Å². The van der Waals surface area contributed by atoms with Crippen LogP contribution in [0.3, 0.4) is 0 Å². The van der Waals surface area contributed by atoms with Crippen LogP contribution in [-0.4, -0.2) is 61.2 Å². The highest BCUT2D eigenvalue weighted by molar-refractivity contribution is 4.91. The maximum Gasteiger partial charge on any atom is 0.0252 e. The molecule has 0 aromatic carbocycles. The van der Waals surface area contributed by atoms with Crippen molar-refractivity contribution >= 4 is 0 Å². The molecule has 1 unspecified atom stereocenters. The van der Waals surface area contributed by atoms with Gasteiger partial charge in [0.15, 0.2) is 0 Å². The van der Waals surface area contributed by atoms with Gasteiger partial charge in [-0.1, -0.05) is 0 Å². The minimum Gasteiger partial charge on any atom is -0.309 e. The van der Waals surface area contributed by atoms with Crippen molar-refractivity contribution in [2.45, 2.75) is 45.2 Å². The molecule has 0 radical (unpaired) electrons. The molecule has 0 aromatic heterocycles. The summed E-state index contributed by atoms with van der Waals surface area (Å²) < 4.78 is 0. The lowest BCUT2D eigenvalue weighted by molar-refractivity contribution is 0.0726. The predicted octanol–water partition coefficient (Wildman–Crippen LogP) is 1.40. The standard InChI is InChI=1S/C14H29N3/c1-12-9-15-14(2,3)11-17(12)10-13-5-7-16(4)8-6-13/h12-13,15H,5-11H2,1-4H3. The van der Waals surface area contributed by atoms with Crippen LogP contribution in [0.4, 0.5) is 0 Å². The quantitative estimate of drug-likeness (QED) is 0.786. The van der Waals surface area contributed by atoms with Gasteiger partial charge < -0.3 is 10.2 Å². The molecule has 2 fully saturated rings. The van der Waals surface area contributed by atoms with E-state index in [1.54, 1.807) is 0 Å². The third kappa shape index (κ3) is 3.67. The first-order valence-corrected chi connectivity index (χ1v) is 7.14. The van der Waals surface area contributed by atoms with Gasteiger partial charge in [-0.15, -0.1) is 0 Å². The van der Waals surface area contributed by atoms with Crippen molar-refractivity contribution < 1.29 is 0 Å². The van der Waals surface area contributed by atoms with Crippen LogP contribution in [0.1, 0.15) is 33.6 Å². The Balaban J connectivity index is 1.84. The highest BCUT2D eigenvalue weighted by Crippen LogP contribution is 2.21. The lowest BCUT2D eigenvalue weighted by atomic mass is 9.93. The lowest BCUT2D eigenvalue weighted by Crippen LogP contribution is -2.61. The predicted molar refractivity (Wildman–Crippen MR) is 73.3 cm³/mol. The largest absolute Gasteiger partial charge is 0.309 e. The molecule has 0 saturated carbocycles. The molecule has 2 aliphatic rings. The molecule has 2 heterocycles. The minimum absolute atomic E-state index is 0.290. The van der Waals surface area contributed by atoms with E-state index in [-0.39, 0.29) is 5.54 Å². The minimum atomic E-state index is 0.290. The number of piperidine rings is 1. The third-order valence-corrected chi connectivity index (χ3v) is 4.43. The van der Waals surface area contributed by atoms with Gasteiger partial charge in [0.25, 0.3) is 0 Å². The molecule has 17 heavy (non-hydrogen) atoms. The molecule has 1 atom stereocenters. The zero-order chi connectivity index (χ0) is 12.5. The van der Waals surface area contributed by atoms with Crippen LogP contribution in [0.25, 0.3) is 0 Å². The average molecular weight is 239 g/mol. The van der Waals surface area contributed by atoms with Gasteiger partial charge in [-0.25, -0.2) is 0 Å². The first-order chi connectivity index (χ1) is 7.96. The highest BCUT2D eigenvalue weighted by Gasteiger charge is 2.31. The van der Waals surface area contributed by atoms with Crippen LogP contribution in [-0.2, 0) is 0 Å². The Kier molecular flexibility index (Phi) is 4.11. The molecular weight excluding hydrogens is 210 g/mol. The van der Waals surface area contributed by atoms with E-state index >= 15 is 0 Å². The maximum absolute atomic E-state index is 3.63. The van der Waals surface area contributed by atoms with Crippen LogP contribution in [0.2, 0.25) is 0 Å². The van der Waals surface area contributed by atoms with Gasteiger partial charge in [0.05, 0.1) is 0 Å². The van der Waals surface area contributed by atoms with Crippen molar-refractivity contribution in [3.63, 3.8) is 0 Å². The van der Waals surface area contributed by atoms with E-state index in [0.717, 1.165) is 12.5 Å². The monoisotopic (exact) mass is 239 g/mol. The van der Waals surface area contributed by atoms with Crippen LogP contribution in [0, 0.1) is 5.92 Å². The summed E-state index contributed by atoms with van der Waals surface area (Å²) in [5.41, 5.74) is 0.290. The van der Waals surface area contributed by atoms with E-state index in [1.807, 2.05) is 0 Å². The molecule has 2 rings (SSSR count). The van der Waals surface area contributed by atoms with E-state index in [0.29, 0.717) is 6.04 Å². The second-order valence-electron chi connectivity index (χ2n) is 6.79. The SMILES string of the molecule is CC1CNC(C)(C)CN1CC1CCN(C)CC1. The molecular formula is C14H29N3. The van der Waals surface area contributed by atoms with Gasteiger partial charge in [0.2, 0.25) is 0 Å². The number of piperazine rings is 1. The molecule has 2 saturated heterocycles. The van der Waals surface area contributed by atoms with Gasteiger partial charge in [0.1, 0.15) is 0 Å². The van der Waals surface area contributed by atoms with E-state index in [2.05, 4.69) is 42.9 Å². The van der Waals surface area contributed by atoms with Crippen molar-refractivity contribution in [3.8, 4) is 0 Å². The van der Waals surface area contributed by atoms with Gasteiger partial charge in [0, 0.05) is 31.2 Å². The Hall–Kier alpha value is -0.120. The Morgan fingerprint density at radius 1 is 1.24 bits per heavy atom. The zero-order valence-electron chi connectivity index (χ0n) is 12.0. The summed E-state index contributed by atoms with van der Waals surface area (Å²) in [4.78, 5) is 5.16. The molecule has 0 aromatic rings. The van der Waals surface area contributed by atoms with Gasteiger partial charge in [-0.05, 0) is 59.7 Å². The van der Waals surface area contributed by atoms with Crippen molar-refractivity contribution in [3.05, 3.63) is 0 Å². The smallest absolute Gasteiger partial charge is 0.0252 e. The maximum atomic E-state index is 3.63. The number of likely N-dealkylation sites (tertiary alicyclic amines) is 1. The van der Waals surface area contributed by atoms with E-state index in [9.17, 15) is 0 Å². The highest BCUT2D eigenvalue weighted by atomic mass is 15.2. The summed E-state index contributed by atoms with van der Waals surface area (Å²) in [5.74, 6) is 0.919. The fourth-order valence-corrected chi connectivity index (χ4v) is 3.09. The molecule has 3 heteroatoms. The zero-order valence-corrected chi connectivity index (χ0v) is 12.0. The van der Waals surface area contributed by atoms with Crippen molar-refractivity contribution in [2.24, 2.45) is 5.92 Å². The van der Waals surface area contributed by atoms with Crippen LogP contribution in [0.5, 0.6) is 0 Å². The fraction of sp³-hybridized carbons (Fsp3) is 1.00. The van der Waals surface area contributed by atoms with Crippen LogP contribution >= 0.6 is 0 Å².